The van der Waals surface area contributed by atoms with E-state index in [1.807, 2.05) is 6.07 Å². The molecule has 0 saturated heterocycles. The molecule has 5 rings (SSSR count). The highest BCUT2D eigenvalue weighted by atomic mass is 16.6. The number of esters is 4. The van der Waals surface area contributed by atoms with Crippen LogP contribution in [0.5, 0.6) is 0 Å². The second-order valence-electron chi connectivity index (χ2n) is 10.9. The Hall–Kier alpha value is -6.02. The van der Waals surface area contributed by atoms with Crippen LogP contribution in [0.15, 0.2) is 152 Å². The largest absolute Gasteiger partial charge is 0.455 e. The topological polar surface area (TPSA) is 105 Å². The van der Waals surface area contributed by atoms with Crippen molar-refractivity contribution in [1.29, 1.82) is 0 Å². The molecular formula is C40H34O8. The molecule has 0 radical (unpaired) electrons. The van der Waals surface area contributed by atoms with E-state index < -0.39 is 48.3 Å². The molecule has 5 aromatic carbocycles. The molecule has 0 heterocycles. The number of carbonyl (C=O) groups excluding carboxylic acids is 4. The summed E-state index contributed by atoms with van der Waals surface area (Å²) in [6.07, 6.45) is -4.78. The van der Waals surface area contributed by atoms with E-state index in [4.69, 9.17) is 18.9 Å². The van der Waals surface area contributed by atoms with Gasteiger partial charge in [-0.05, 0) is 61.0 Å². The van der Waals surface area contributed by atoms with Gasteiger partial charge >= 0.3 is 23.9 Å². The van der Waals surface area contributed by atoms with Crippen molar-refractivity contribution in [2.75, 3.05) is 0 Å². The molecule has 0 aliphatic heterocycles. The fraction of sp³-hybridized carbons (Fsp3) is 0.150. The third-order valence-electron chi connectivity index (χ3n) is 7.53. The average Bonchev–Trinajstić information content (AvgIpc) is 3.14. The molecule has 0 bridgehead atoms. The smallest absolute Gasteiger partial charge is 0.338 e. The molecular weight excluding hydrogens is 608 g/mol. The monoisotopic (exact) mass is 642 g/mol. The van der Waals surface area contributed by atoms with Gasteiger partial charge in [-0.1, -0.05) is 103 Å². The van der Waals surface area contributed by atoms with Crippen molar-refractivity contribution >= 4 is 23.9 Å². The van der Waals surface area contributed by atoms with E-state index in [0.717, 1.165) is 0 Å². The van der Waals surface area contributed by atoms with Crippen molar-refractivity contribution in [3.05, 3.63) is 179 Å². The Morgan fingerprint density at radius 1 is 0.438 bits per heavy atom. The van der Waals surface area contributed by atoms with Gasteiger partial charge in [0.05, 0.1) is 22.3 Å². The van der Waals surface area contributed by atoms with Gasteiger partial charge in [0.2, 0.25) is 0 Å². The summed E-state index contributed by atoms with van der Waals surface area (Å²) >= 11 is 0. The van der Waals surface area contributed by atoms with E-state index in [9.17, 15) is 19.2 Å². The standard InChI is InChI=1S/C40H34O8/c1-28(45-37(41)30-19-9-3-10-20-30)36(48-40(44)33-25-15-6-16-26-33)35(47-39(43)32-23-13-5-14-24-32)27-34(29-17-7-2-8-18-29)46-38(42)31-21-11-4-12-22-31/h2-26,28,34-36H,27H2,1H3/t28-,34+,35-,36+/m0/s1. The number of hydrogen-bond donors (Lipinski definition) is 0. The lowest BCUT2D eigenvalue weighted by atomic mass is 9.97. The van der Waals surface area contributed by atoms with E-state index in [0.29, 0.717) is 11.1 Å². The molecule has 4 atom stereocenters. The van der Waals surface area contributed by atoms with Crippen LogP contribution < -0.4 is 0 Å². The van der Waals surface area contributed by atoms with Gasteiger partial charge in [-0.25, -0.2) is 19.2 Å². The van der Waals surface area contributed by atoms with Crippen molar-refractivity contribution in [1.82, 2.24) is 0 Å². The van der Waals surface area contributed by atoms with Gasteiger partial charge in [0.1, 0.15) is 18.3 Å². The normalized spacial score (nSPS) is 13.2. The Morgan fingerprint density at radius 3 is 1.19 bits per heavy atom. The van der Waals surface area contributed by atoms with Crippen LogP contribution in [0.4, 0.5) is 0 Å². The Kier molecular flexibility index (Phi) is 11.5. The predicted octanol–water partition coefficient (Wildman–Crippen LogP) is 7.67. The molecule has 5 aromatic rings. The van der Waals surface area contributed by atoms with Crippen molar-refractivity contribution in [2.24, 2.45) is 0 Å². The van der Waals surface area contributed by atoms with Gasteiger partial charge in [-0.2, -0.15) is 0 Å². The van der Waals surface area contributed by atoms with E-state index in [1.165, 1.54) is 0 Å². The van der Waals surface area contributed by atoms with Gasteiger partial charge in [0, 0.05) is 6.42 Å². The molecule has 242 valence electrons. The molecule has 0 fully saturated rings. The average molecular weight is 643 g/mol. The zero-order valence-corrected chi connectivity index (χ0v) is 26.2. The third kappa shape index (κ3) is 9.04. The lowest BCUT2D eigenvalue weighted by Gasteiger charge is -2.33. The number of ether oxygens (including phenoxy) is 4. The van der Waals surface area contributed by atoms with E-state index in [2.05, 4.69) is 0 Å². The molecule has 0 aliphatic rings. The first-order valence-corrected chi connectivity index (χ1v) is 15.5. The van der Waals surface area contributed by atoms with Crippen LogP contribution in [0.2, 0.25) is 0 Å². The van der Waals surface area contributed by atoms with Crippen LogP contribution in [0.3, 0.4) is 0 Å². The number of hydrogen-bond acceptors (Lipinski definition) is 8. The first-order valence-electron chi connectivity index (χ1n) is 15.5. The Labute approximate surface area is 278 Å². The highest BCUT2D eigenvalue weighted by Crippen LogP contribution is 2.30. The summed E-state index contributed by atoms with van der Waals surface area (Å²) < 4.78 is 24.0. The SMILES string of the molecule is C[C@H](OC(=O)c1ccccc1)[C@@H](OC(=O)c1ccccc1)[C@H](C[C@@H](OC(=O)c1ccccc1)c1ccccc1)OC(=O)c1ccccc1. The summed E-state index contributed by atoms with van der Waals surface area (Å²) in [5.41, 5.74) is 1.72. The molecule has 48 heavy (non-hydrogen) atoms. The minimum atomic E-state index is -1.32. The Balaban J connectivity index is 1.53. The molecule has 8 heteroatoms. The molecule has 0 aromatic heterocycles. The second-order valence-corrected chi connectivity index (χ2v) is 10.9. The molecule has 0 amide bonds. The van der Waals surface area contributed by atoms with E-state index in [1.54, 1.807) is 153 Å². The van der Waals surface area contributed by atoms with Crippen LogP contribution in [0.25, 0.3) is 0 Å². The fourth-order valence-corrected chi connectivity index (χ4v) is 5.05. The number of benzene rings is 5. The Morgan fingerprint density at radius 2 is 0.771 bits per heavy atom. The Bertz CT molecular complexity index is 1780. The molecule has 8 nitrogen and oxygen atoms in total. The highest BCUT2D eigenvalue weighted by molar-refractivity contribution is 5.91. The number of rotatable bonds is 13. The van der Waals surface area contributed by atoms with Crippen LogP contribution in [0, 0.1) is 0 Å². The van der Waals surface area contributed by atoms with Crippen molar-refractivity contribution in [3.63, 3.8) is 0 Å². The molecule has 0 N–H and O–H groups in total. The highest BCUT2D eigenvalue weighted by Gasteiger charge is 2.39. The van der Waals surface area contributed by atoms with Gasteiger partial charge in [-0.15, -0.1) is 0 Å². The molecule has 0 unspecified atom stereocenters. The third-order valence-corrected chi connectivity index (χ3v) is 7.53. The maximum absolute atomic E-state index is 13.6. The minimum absolute atomic E-state index is 0.138. The predicted molar refractivity (Wildman–Crippen MR) is 178 cm³/mol. The van der Waals surface area contributed by atoms with Crippen LogP contribution >= 0.6 is 0 Å². The summed E-state index contributed by atoms with van der Waals surface area (Å²) in [5, 5.41) is 0. The van der Waals surface area contributed by atoms with E-state index in [-0.39, 0.29) is 23.1 Å². The first kappa shape index (κ1) is 33.3. The van der Waals surface area contributed by atoms with Gasteiger partial charge in [-0.3, -0.25) is 0 Å². The maximum Gasteiger partial charge on any atom is 0.338 e. The molecule has 0 aliphatic carbocycles. The summed E-state index contributed by atoms with van der Waals surface area (Å²) in [4.78, 5) is 53.6. The lowest BCUT2D eigenvalue weighted by molar-refractivity contribution is -0.0941. The first-order chi connectivity index (χ1) is 23.4. The van der Waals surface area contributed by atoms with Gasteiger partial charge in [0.25, 0.3) is 0 Å². The summed E-state index contributed by atoms with van der Waals surface area (Å²) in [6, 6.07) is 42.4. The van der Waals surface area contributed by atoms with Crippen LogP contribution in [-0.4, -0.2) is 42.2 Å². The van der Waals surface area contributed by atoms with Crippen LogP contribution in [-0.2, 0) is 18.9 Å². The minimum Gasteiger partial charge on any atom is -0.455 e. The van der Waals surface area contributed by atoms with Crippen molar-refractivity contribution in [2.45, 2.75) is 37.8 Å². The van der Waals surface area contributed by atoms with Crippen LogP contribution in [0.1, 0.15) is 66.4 Å². The maximum atomic E-state index is 13.6. The lowest BCUT2D eigenvalue weighted by Crippen LogP contribution is -2.45. The van der Waals surface area contributed by atoms with Crippen molar-refractivity contribution < 1.29 is 38.1 Å². The van der Waals surface area contributed by atoms with Crippen molar-refractivity contribution in [3.8, 4) is 0 Å². The summed E-state index contributed by atoms with van der Waals surface area (Å²) in [7, 11) is 0. The van der Waals surface area contributed by atoms with Gasteiger partial charge in [0.15, 0.2) is 6.10 Å². The zero-order chi connectivity index (χ0) is 33.7. The fourth-order valence-electron chi connectivity index (χ4n) is 5.05. The molecule has 0 saturated carbocycles. The quantitative estimate of drug-likeness (QED) is 0.0952. The number of carbonyl (C=O) groups is 4. The molecule has 0 spiro atoms. The summed E-state index contributed by atoms with van der Waals surface area (Å²) in [5.74, 6) is -2.68. The van der Waals surface area contributed by atoms with E-state index >= 15 is 0 Å². The second kappa shape index (κ2) is 16.5. The zero-order valence-electron chi connectivity index (χ0n) is 26.2. The van der Waals surface area contributed by atoms with Gasteiger partial charge < -0.3 is 18.9 Å². The summed E-state index contributed by atoms with van der Waals surface area (Å²) in [6.45, 7) is 1.56.